The minimum atomic E-state index is -1.82. The van der Waals surface area contributed by atoms with Crippen molar-refractivity contribution in [3.05, 3.63) is 0 Å². The van der Waals surface area contributed by atoms with Gasteiger partial charge in [-0.05, 0) is 0 Å². The number of carboxylic acids is 1. The van der Waals surface area contributed by atoms with E-state index in [4.69, 9.17) is 23.7 Å². The number of carboxylic acid groups (broad SMARTS) is 1. The summed E-state index contributed by atoms with van der Waals surface area (Å²) in [6.07, 6.45) is -7.91. The van der Waals surface area contributed by atoms with E-state index in [0.717, 1.165) is 25.7 Å². The lowest BCUT2D eigenvalue weighted by Gasteiger charge is -2.42. The second-order valence-corrected chi connectivity index (χ2v) is 6.80. The van der Waals surface area contributed by atoms with Crippen LogP contribution in [-0.2, 0) is 52.5 Å². The quantitative estimate of drug-likeness (QED) is 0.268. The van der Waals surface area contributed by atoms with Gasteiger partial charge in [0.05, 0.1) is 13.2 Å². The molecule has 13 nitrogen and oxygen atoms in total. The second-order valence-electron chi connectivity index (χ2n) is 6.80. The van der Waals surface area contributed by atoms with Gasteiger partial charge in [-0.25, -0.2) is 4.79 Å². The van der Waals surface area contributed by atoms with E-state index < -0.39 is 54.6 Å². The zero-order valence-corrected chi connectivity index (χ0v) is 17.1. The molecule has 0 radical (unpaired) electrons. The fourth-order valence-electron chi connectivity index (χ4n) is 3.24. The molecule has 31 heavy (non-hydrogen) atoms. The van der Waals surface area contributed by atoms with Gasteiger partial charge in [0.25, 0.3) is 0 Å². The number of hydrogen-bond acceptors (Lipinski definition) is 11. The maximum absolute atomic E-state index is 11.7. The molecule has 2 saturated heterocycles. The lowest BCUT2D eigenvalue weighted by atomic mass is 9.98. The van der Waals surface area contributed by atoms with E-state index in [-0.39, 0.29) is 37.8 Å². The van der Waals surface area contributed by atoms with E-state index in [1.165, 1.54) is 0 Å². The van der Waals surface area contributed by atoms with Gasteiger partial charge in [0.15, 0.2) is 30.7 Å². The molecular weight excluding hydrogens is 422 g/mol. The Bertz CT molecular complexity index is 749. The Hall–Kier alpha value is -3.06. The highest BCUT2D eigenvalue weighted by molar-refractivity contribution is 6.01. The Morgan fingerprint density at radius 3 is 1.87 bits per heavy atom. The molecule has 13 heteroatoms. The topological polar surface area (TPSA) is 172 Å². The Kier molecular flexibility index (Phi) is 8.05. The summed E-state index contributed by atoms with van der Waals surface area (Å²) in [5.41, 5.74) is 0. The van der Waals surface area contributed by atoms with E-state index in [1.807, 2.05) is 0 Å². The molecule has 5 atom stereocenters. The maximum Gasteiger partial charge on any atom is 0.337 e. The molecule has 0 aliphatic carbocycles. The standard InChI is InChI=1S/C18H23NO12/c1-8(20)28-13-14(29-9(2)21)16(30-10(3)22)18(31-15(13)17(25)26)27-7-6-19-11(23)4-5-12(19)24/h13-16,18H,4-7H2,1-3H3,(H,25,26)/t13-,14-,15-,16+,18+/m0/s1. The van der Waals surface area contributed by atoms with Crippen molar-refractivity contribution in [1.82, 2.24) is 4.90 Å². The van der Waals surface area contributed by atoms with Crippen molar-refractivity contribution in [1.29, 1.82) is 0 Å². The van der Waals surface area contributed by atoms with E-state index in [9.17, 15) is 33.9 Å². The van der Waals surface area contributed by atoms with E-state index >= 15 is 0 Å². The van der Waals surface area contributed by atoms with Crippen molar-refractivity contribution in [3.63, 3.8) is 0 Å². The van der Waals surface area contributed by atoms with E-state index in [2.05, 4.69) is 0 Å². The number of amides is 2. The maximum atomic E-state index is 11.7. The monoisotopic (exact) mass is 445 g/mol. The summed E-state index contributed by atoms with van der Waals surface area (Å²) in [6, 6.07) is 0. The normalized spacial score (nSPS) is 28.2. The number of esters is 3. The summed E-state index contributed by atoms with van der Waals surface area (Å²) in [4.78, 5) is 70.8. The number of rotatable bonds is 8. The summed E-state index contributed by atoms with van der Waals surface area (Å²) in [5, 5.41) is 9.51. The molecule has 1 N–H and O–H groups in total. The van der Waals surface area contributed by atoms with Crippen molar-refractivity contribution >= 4 is 35.7 Å². The minimum Gasteiger partial charge on any atom is -0.479 e. The van der Waals surface area contributed by atoms with Gasteiger partial charge in [-0.1, -0.05) is 0 Å². The zero-order chi connectivity index (χ0) is 23.3. The molecule has 0 spiro atoms. The number of carbonyl (C=O) groups excluding carboxylic acids is 5. The van der Waals surface area contributed by atoms with Crippen LogP contribution in [0.4, 0.5) is 0 Å². The smallest absolute Gasteiger partial charge is 0.337 e. The highest BCUT2D eigenvalue weighted by Gasteiger charge is 2.55. The van der Waals surface area contributed by atoms with Gasteiger partial charge in [0.1, 0.15) is 0 Å². The van der Waals surface area contributed by atoms with Gasteiger partial charge in [0.2, 0.25) is 11.8 Å². The summed E-state index contributed by atoms with van der Waals surface area (Å²) in [5.74, 6) is -4.90. The Labute approximate surface area is 176 Å². The average molecular weight is 445 g/mol. The third-order valence-electron chi connectivity index (χ3n) is 4.40. The number of hydrogen-bond donors (Lipinski definition) is 1. The van der Waals surface area contributed by atoms with E-state index in [0.29, 0.717) is 0 Å². The van der Waals surface area contributed by atoms with E-state index in [1.54, 1.807) is 0 Å². The number of carbonyl (C=O) groups is 6. The van der Waals surface area contributed by atoms with Crippen molar-refractivity contribution in [2.24, 2.45) is 0 Å². The van der Waals surface area contributed by atoms with Crippen LogP contribution < -0.4 is 0 Å². The van der Waals surface area contributed by atoms with Crippen molar-refractivity contribution in [3.8, 4) is 0 Å². The van der Waals surface area contributed by atoms with Crippen LogP contribution in [0, 0.1) is 0 Å². The first-order chi connectivity index (χ1) is 14.5. The van der Waals surface area contributed by atoms with Crippen molar-refractivity contribution < 1.29 is 57.6 Å². The lowest BCUT2D eigenvalue weighted by molar-refractivity contribution is -0.301. The predicted octanol–water partition coefficient (Wildman–Crippen LogP) is -1.24. The number of imide groups is 1. The van der Waals surface area contributed by atoms with Gasteiger partial charge in [-0.2, -0.15) is 0 Å². The molecule has 2 fully saturated rings. The first-order valence-electron chi connectivity index (χ1n) is 9.36. The molecular formula is C18H23NO12. The molecule has 2 amide bonds. The first kappa shape index (κ1) is 24.2. The predicted molar refractivity (Wildman–Crippen MR) is 94.9 cm³/mol. The molecule has 0 aromatic heterocycles. The Balaban J connectivity index is 2.26. The van der Waals surface area contributed by atoms with Crippen LogP contribution in [0.25, 0.3) is 0 Å². The summed E-state index contributed by atoms with van der Waals surface area (Å²) in [6.45, 7) is 2.66. The lowest BCUT2D eigenvalue weighted by Crippen LogP contribution is -2.63. The minimum absolute atomic E-state index is 0.0779. The molecule has 0 aromatic carbocycles. The molecule has 0 unspecified atom stereocenters. The number of nitrogens with zero attached hydrogens (tertiary/aromatic N) is 1. The highest BCUT2D eigenvalue weighted by Crippen LogP contribution is 2.30. The SMILES string of the molecule is CC(=O)O[C@@H]1[C@@H](OC(C)=O)[C@H](OCCN2C(=O)CCC2=O)O[C@H](C(=O)O)[C@H]1OC(C)=O. The first-order valence-corrected chi connectivity index (χ1v) is 9.36. The third kappa shape index (κ3) is 6.21. The molecule has 0 bridgehead atoms. The van der Waals surface area contributed by atoms with Crippen molar-refractivity contribution in [2.75, 3.05) is 13.2 Å². The average Bonchev–Trinajstić information content (AvgIpc) is 2.96. The highest BCUT2D eigenvalue weighted by atomic mass is 16.7. The Morgan fingerprint density at radius 1 is 0.903 bits per heavy atom. The molecule has 0 aromatic rings. The molecule has 2 aliphatic rings. The third-order valence-corrected chi connectivity index (χ3v) is 4.40. The largest absolute Gasteiger partial charge is 0.479 e. The van der Waals surface area contributed by atoms with Gasteiger partial charge in [-0.3, -0.25) is 28.9 Å². The molecule has 172 valence electrons. The molecule has 0 saturated carbocycles. The van der Waals surface area contributed by atoms with Gasteiger partial charge < -0.3 is 28.8 Å². The molecule has 2 heterocycles. The summed E-state index contributed by atoms with van der Waals surface area (Å²) >= 11 is 0. The van der Waals surface area contributed by atoms with Crippen LogP contribution in [0.1, 0.15) is 33.6 Å². The number of likely N-dealkylation sites (tertiary alicyclic amines) is 1. The van der Waals surface area contributed by atoms with Gasteiger partial charge >= 0.3 is 23.9 Å². The number of ether oxygens (including phenoxy) is 5. The summed E-state index contributed by atoms with van der Waals surface area (Å²) in [7, 11) is 0. The van der Waals surface area contributed by atoms with Gasteiger partial charge in [0, 0.05) is 33.6 Å². The van der Waals surface area contributed by atoms with Crippen LogP contribution in [0.5, 0.6) is 0 Å². The fraction of sp³-hybridized carbons (Fsp3) is 0.667. The van der Waals surface area contributed by atoms with Gasteiger partial charge in [-0.15, -0.1) is 0 Å². The van der Waals surface area contributed by atoms with Crippen LogP contribution in [0.3, 0.4) is 0 Å². The van der Waals surface area contributed by atoms with Crippen LogP contribution >= 0.6 is 0 Å². The second kappa shape index (κ2) is 10.3. The fourth-order valence-corrected chi connectivity index (χ4v) is 3.24. The van der Waals surface area contributed by atoms with Crippen molar-refractivity contribution in [2.45, 2.75) is 64.3 Å². The Morgan fingerprint density at radius 2 is 1.39 bits per heavy atom. The van der Waals surface area contributed by atoms with Crippen LogP contribution in [0.2, 0.25) is 0 Å². The number of aliphatic carboxylic acids is 1. The molecule has 2 aliphatic heterocycles. The zero-order valence-electron chi connectivity index (χ0n) is 17.1. The van der Waals surface area contributed by atoms with Crippen LogP contribution in [-0.4, -0.2) is 89.6 Å². The summed E-state index contributed by atoms with van der Waals surface area (Å²) < 4.78 is 26.0. The molecule has 2 rings (SSSR count). The van der Waals surface area contributed by atoms with Crippen LogP contribution in [0.15, 0.2) is 0 Å².